The van der Waals surface area contributed by atoms with Gasteiger partial charge in [-0.15, -0.1) is 0 Å². The van der Waals surface area contributed by atoms with Crippen LogP contribution in [0.5, 0.6) is 11.5 Å². The molecule has 0 bridgehead atoms. The fourth-order valence-corrected chi connectivity index (χ4v) is 3.44. The maximum atomic E-state index is 13.8. The fourth-order valence-electron chi connectivity index (χ4n) is 3.44. The minimum atomic E-state index is -0.249. The average Bonchev–Trinajstić information content (AvgIpc) is 2.70. The summed E-state index contributed by atoms with van der Waals surface area (Å²) in [6.07, 6.45) is 2.14. The summed E-state index contributed by atoms with van der Waals surface area (Å²) < 4.78 is 25.4. The molecule has 4 nitrogen and oxygen atoms in total. The van der Waals surface area contributed by atoms with E-state index in [0.717, 1.165) is 51.3 Å². The Morgan fingerprint density at radius 3 is 2.50 bits per heavy atom. The minimum absolute atomic E-state index is 0.190. The molecule has 0 aromatic heterocycles. The van der Waals surface area contributed by atoms with E-state index in [2.05, 4.69) is 29.0 Å². The van der Waals surface area contributed by atoms with Crippen LogP contribution < -0.4 is 9.47 Å². The first-order valence-electron chi connectivity index (χ1n) is 10.2. The molecule has 1 heterocycles. The lowest BCUT2D eigenvalue weighted by Gasteiger charge is -2.32. The number of likely N-dealkylation sites (N-methyl/N-ethyl adjacent to an activating group) is 1. The number of nitrogens with zero attached hydrogens (tertiary/aromatic N) is 2. The molecule has 0 spiro atoms. The molecule has 3 rings (SSSR count). The summed E-state index contributed by atoms with van der Waals surface area (Å²) in [5, 5.41) is 0. The normalized spacial score (nSPS) is 15.5. The Kier molecular flexibility index (Phi) is 7.69. The van der Waals surface area contributed by atoms with Gasteiger partial charge in [0.1, 0.15) is 12.4 Å². The third-order valence-corrected chi connectivity index (χ3v) is 5.18. The van der Waals surface area contributed by atoms with Gasteiger partial charge in [0.15, 0.2) is 11.5 Å². The van der Waals surface area contributed by atoms with E-state index in [4.69, 9.17) is 9.47 Å². The van der Waals surface area contributed by atoms with Crippen LogP contribution in [0.1, 0.15) is 24.5 Å². The van der Waals surface area contributed by atoms with Gasteiger partial charge in [0, 0.05) is 31.7 Å². The van der Waals surface area contributed by atoms with Gasteiger partial charge in [0.05, 0.1) is 6.61 Å². The summed E-state index contributed by atoms with van der Waals surface area (Å²) in [5.41, 5.74) is 1.79. The Hall–Kier alpha value is -2.11. The number of ether oxygens (including phenoxy) is 2. The van der Waals surface area contributed by atoms with Gasteiger partial charge < -0.3 is 19.3 Å². The molecule has 0 saturated carbocycles. The molecule has 0 radical (unpaired) electrons. The van der Waals surface area contributed by atoms with Gasteiger partial charge >= 0.3 is 0 Å². The second-order valence-electron chi connectivity index (χ2n) is 7.34. The molecule has 1 aliphatic rings. The highest BCUT2D eigenvalue weighted by atomic mass is 19.1. The molecule has 1 aliphatic heterocycles. The van der Waals surface area contributed by atoms with E-state index in [1.54, 1.807) is 12.1 Å². The first-order valence-corrected chi connectivity index (χ1v) is 10.2. The number of aryl methyl sites for hydroxylation is 1. The Balaban J connectivity index is 1.55. The molecule has 1 saturated heterocycles. The molecular formula is C23H31FN2O2. The van der Waals surface area contributed by atoms with E-state index >= 15 is 0 Å². The van der Waals surface area contributed by atoms with Gasteiger partial charge in [-0.3, -0.25) is 0 Å². The van der Waals surface area contributed by atoms with Crippen molar-refractivity contribution >= 4 is 0 Å². The Morgan fingerprint density at radius 1 is 0.964 bits per heavy atom. The summed E-state index contributed by atoms with van der Waals surface area (Å²) in [7, 11) is 2.18. The van der Waals surface area contributed by atoms with Gasteiger partial charge in [-0.1, -0.05) is 24.3 Å². The van der Waals surface area contributed by atoms with Crippen LogP contribution in [0, 0.1) is 5.82 Å². The topological polar surface area (TPSA) is 24.9 Å². The summed E-state index contributed by atoms with van der Waals surface area (Å²) in [4.78, 5) is 4.92. The van der Waals surface area contributed by atoms with Crippen molar-refractivity contribution in [2.45, 2.75) is 26.4 Å². The van der Waals surface area contributed by atoms with E-state index in [9.17, 15) is 4.39 Å². The van der Waals surface area contributed by atoms with E-state index in [-0.39, 0.29) is 12.4 Å². The zero-order chi connectivity index (χ0) is 19.8. The molecule has 0 N–H and O–H groups in total. The second-order valence-corrected chi connectivity index (χ2v) is 7.34. The SMILES string of the molecule is CCOc1cc(CCCN2CCN(C)CC2)ccc1OCc1ccccc1F. The molecular weight excluding hydrogens is 355 g/mol. The summed E-state index contributed by atoms with van der Waals surface area (Å²) >= 11 is 0. The molecule has 0 atom stereocenters. The molecule has 2 aromatic carbocycles. The number of hydrogen-bond acceptors (Lipinski definition) is 4. The van der Waals surface area contributed by atoms with Crippen molar-refractivity contribution in [3.8, 4) is 11.5 Å². The van der Waals surface area contributed by atoms with Crippen LogP contribution in [0.15, 0.2) is 42.5 Å². The standard InChI is InChI=1S/C23H31FN2O2/c1-3-27-23-17-19(7-6-12-26-15-13-25(2)14-16-26)10-11-22(23)28-18-20-8-4-5-9-21(20)24/h4-5,8-11,17H,3,6-7,12-16,18H2,1-2H3. The Bertz CT molecular complexity index is 745. The van der Waals surface area contributed by atoms with E-state index in [1.165, 1.54) is 11.6 Å². The Labute approximate surface area is 167 Å². The lowest BCUT2D eigenvalue weighted by atomic mass is 10.1. The molecule has 0 unspecified atom stereocenters. The third kappa shape index (κ3) is 5.94. The van der Waals surface area contributed by atoms with Gasteiger partial charge in [-0.25, -0.2) is 4.39 Å². The summed E-state index contributed by atoms with van der Waals surface area (Å²) in [6, 6.07) is 12.8. The highest BCUT2D eigenvalue weighted by Crippen LogP contribution is 2.30. The van der Waals surface area contributed by atoms with Crippen LogP contribution in [-0.4, -0.2) is 56.2 Å². The van der Waals surface area contributed by atoms with Crippen molar-refractivity contribution in [2.75, 3.05) is 46.4 Å². The predicted molar refractivity (Wildman–Crippen MR) is 111 cm³/mol. The summed E-state index contributed by atoms with van der Waals surface area (Å²) in [5.74, 6) is 1.14. The zero-order valence-corrected chi connectivity index (χ0v) is 17.0. The van der Waals surface area contributed by atoms with Crippen LogP contribution >= 0.6 is 0 Å². The smallest absolute Gasteiger partial charge is 0.161 e. The van der Waals surface area contributed by atoms with E-state index < -0.39 is 0 Å². The lowest BCUT2D eigenvalue weighted by Crippen LogP contribution is -2.44. The van der Waals surface area contributed by atoms with Gasteiger partial charge in [0.25, 0.3) is 0 Å². The van der Waals surface area contributed by atoms with Crippen molar-refractivity contribution in [2.24, 2.45) is 0 Å². The molecule has 28 heavy (non-hydrogen) atoms. The zero-order valence-electron chi connectivity index (χ0n) is 17.0. The van der Waals surface area contributed by atoms with Crippen molar-refractivity contribution < 1.29 is 13.9 Å². The van der Waals surface area contributed by atoms with Gasteiger partial charge in [-0.05, 0) is 57.1 Å². The largest absolute Gasteiger partial charge is 0.490 e. The van der Waals surface area contributed by atoms with Crippen molar-refractivity contribution in [3.05, 3.63) is 59.4 Å². The monoisotopic (exact) mass is 386 g/mol. The van der Waals surface area contributed by atoms with Gasteiger partial charge in [-0.2, -0.15) is 0 Å². The number of rotatable bonds is 9. The average molecular weight is 387 g/mol. The molecule has 1 fully saturated rings. The third-order valence-electron chi connectivity index (χ3n) is 5.18. The molecule has 0 amide bonds. The summed E-state index contributed by atoms with van der Waals surface area (Å²) in [6.45, 7) is 8.47. The van der Waals surface area contributed by atoms with Crippen molar-refractivity contribution in [1.29, 1.82) is 0 Å². The highest BCUT2D eigenvalue weighted by Gasteiger charge is 2.13. The molecule has 0 aliphatic carbocycles. The number of halogens is 1. The molecule has 5 heteroatoms. The van der Waals surface area contributed by atoms with Crippen LogP contribution in [-0.2, 0) is 13.0 Å². The predicted octanol–water partition coefficient (Wildman–Crippen LogP) is 3.98. The quantitative estimate of drug-likeness (QED) is 0.651. The first kappa shape index (κ1) is 20.6. The second kappa shape index (κ2) is 10.4. The number of piperazine rings is 1. The minimum Gasteiger partial charge on any atom is -0.490 e. The fraction of sp³-hybridized carbons (Fsp3) is 0.478. The van der Waals surface area contributed by atoms with Crippen LogP contribution in [0.2, 0.25) is 0 Å². The van der Waals surface area contributed by atoms with Crippen molar-refractivity contribution in [1.82, 2.24) is 9.80 Å². The lowest BCUT2D eigenvalue weighted by molar-refractivity contribution is 0.153. The van der Waals surface area contributed by atoms with Crippen LogP contribution in [0.4, 0.5) is 4.39 Å². The molecule has 152 valence electrons. The number of benzene rings is 2. The van der Waals surface area contributed by atoms with E-state index in [0.29, 0.717) is 17.9 Å². The van der Waals surface area contributed by atoms with Crippen LogP contribution in [0.3, 0.4) is 0 Å². The maximum Gasteiger partial charge on any atom is 0.161 e. The van der Waals surface area contributed by atoms with E-state index in [1.807, 2.05) is 19.1 Å². The molecule has 2 aromatic rings. The highest BCUT2D eigenvalue weighted by molar-refractivity contribution is 5.43. The number of hydrogen-bond donors (Lipinski definition) is 0. The van der Waals surface area contributed by atoms with Crippen molar-refractivity contribution in [3.63, 3.8) is 0 Å². The van der Waals surface area contributed by atoms with Gasteiger partial charge in [0.2, 0.25) is 0 Å². The Morgan fingerprint density at radius 2 is 1.75 bits per heavy atom. The maximum absolute atomic E-state index is 13.8. The first-order chi connectivity index (χ1) is 13.7. The van der Waals surface area contributed by atoms with Crippen LogP contribution in [0.25, 0.3) is 0 Å².